The molecule has 1 heterocycles. The summed E-state index contributed by atoms with van der Waals surface area (Å²) in [6, 6.07) is 9.26. The number of carboxylic acids is 1. The molecule has 1 unspecified atom stereocenters. The number of benzene rings is 1. The van der Waals surface area contributed by atoms with Crippen LogP contribution in [-0.4, -0.2) is 49.4 Å². The number of pyridine rings is 1. The Kier molecular flexibility index (Phi) is 7.13. The van der Waals surface area contributed by atoms with Crippen molar-refractivity contribution < 1.29 is 28.9 Å². The molecule has 1 aromatic carbocycles. The summed E-state index contributed by atoms with van der Waals surface area (Å²) in [4.78, 5) is 27.2. The van der Waals surface area contributed by atoms with Gasteiger partial charge in [-0.05, 0) is 36.8 Å². The predicted molar refractivity (Wildman–Crippen MR) is 97.4 cm³/mol. The van der Waals surface area contributed by atoms with E-state index < -0.39 is 11.9 Å². The molecule has 0 fully saturated rings. The average Bonchev–Trinajstić information content (AvgIpc) is 2.68. The predicted octanol–water partition coefficient (Wildman–Crippen LogP) is 2.30. The molecule has 0 saturated heterocycles. The highest BCUT2D eigenvalue weighted by atomic mass is 16.5. The Labute approximate surface area is 157 Å². The number of carboxylic acid groups (broad SMARTS) is 1. The van der Waals surface area contributed by atoms with Gasteiger partial charge in [-0.1, -0.05) is 12.1 Å². The zero-order valence-electron chi connectivity index (χ0n) is 15.4. The molecule has 2 aromatic rings. The van der Waals surface area contributed by atoms with Gasteiger partial charge in [0.15, 0.2) is 11.5 Å². The van der Waals surface area contributed by atoms with E-state index in [9.17, 15) is 9.59 Å². The van der Waals surface area contributed by atoms with Crippen LogP contribution in [0.5, 0.6) is 11.5 Å². The number of hydrogen-bond donors (Lipinski definition) is 2. The Bertz CT molecular complexity index is 809. The molecule has 0 aliphatic carbocycles. The van der Waals surface area contributed by atoms with Gasteiger partial charge in [-0.2, -0.15) is 0 Å². The van der Waals surface area contributed by atoms with Gasteiger partial charge in [0.1, 0.15) is 18.0 Å². The summed E-state index contributed by atoms with van der Waals surface area (Å²) in [5.74, 6) is -0.542. The van der Waals surface area contributed by atoms with Crippen molar-refractivity contribution in [3.8, 4) is 11.5 Å². The first-order valence-electron chi connectivity index (χ1n) is 8.27. The van der Waals surface area contributed by atoms with Crippen LogP contribution in [0, 0.1) is 0 Å². The Morgan fingerprint density at radius 2 is 1.85 bits per heavy atom. The second-order valence-corrected chi connectivity index (χ2v) is 5.66. The Morgan fingerprint density at radius 1 is 1.11 bits per heavy atom. The fourth-order valence-corrected chi connectivity index (χ4v) is 2.34. The summed E-state index contributed by atoms with van der Waals surface area (Å²) in [5.41, 5.74) is 0.649. The summed E-state index contributed by atoms with van der Waals surface area (Å²) >= 11 is 0. The molecule has 1 amide bonds. The third-order valence-electron chi connectivity index (χ3n) is 3.78. The van der Waals surface area contributed by atoms with Crippen LogP contribution in [0.3, 0.4) is 0 Å². The normalized spacial score (nSPS) is 11.5. The van der Waals surface area contributed by atoms with Gasteiger partial charge >= 0.3 is 5.97 Å². The van der Waals surface area contributed by atoms with E-state index in [0.29, 0.717) is 24.7 Å². The topological polar surface area (TPSA) is 107 Å². The van der Waals surface area contributed by atoms with Crippen molar-refractivity contribution in [3.63, 3.8) is 0 Å². The maximum Gasteiger partial charge on any atom is 0.354 e. The fourth-order valence-electron chi connectivity index (χ4n) is 2.34. The molecule has 2 rings (SSSR count). The zero-order chi connectivity index (χ0) is 19.8. The number of rotatable bonds is 9. The van der Waals surface area contributed by atoms with E-state index in [1.165, 1.54) is 25.3 Å². The van der Waals surface area contributed by atoms with Crippen molar-refractivity contribution >= 4 is 11.9 Å². The minimum Gasteiger partial charge on any atom is -0.493 e. The van der Waals surface area contributed by atoms with E-state index >= 15 is 0 Å². The van der Waals surface area contributed by atoms with E-state index in [1.54, 1.807) is 26.2 Å². The molecular weight excluding hydrogens is 352 g/mol. The number of ether oxygens (including phenoxy) is 3. The van der Waals surface area contributed by atoms with Crippen molar-refractivity contribution in [3.05, 3.63) is 53.3 Å². The van der Waals surface area contributed by atoms with E-state index in [-0.39, 0.29) is 17.4 Å². The average molecular weight is 374 g/mol. The van der Waals surface area contributed by atoms with Gasteiger partial charge in [0.05, 0.1) is 19.8 Å². The van der Waals surface area contributed by atoms with Crippen LogP contribution < -0.4 is 14.8 Å². The van der Waals surface area contributed by atoms with Gasteiger partial charge in [0.25, 0.3) is 5.91 Å². The second-order valence-electron chi connectivity index (χ2n) is 5.66. The summed E-state index contributed by atoms with van der Waals surface area (Å²) in [6.07, 6.45) is 0. The molecule has 0 bridgehead atoms. The Morgan fingerprint density at radius 3 is 2.52 bits per heavy atom. The van der Waals surface area contributed by atoms with Crippen LogP contribution in [0.25, 0.3) is 0 Å². The quantitative estimate of drug-likeness (QED) is 0.649. The molecule has 8 heteroatoms. The van der Waals surface area contributed by atoms with Gasteiger partial charge in [0, 0.05) is 7.11 Å². The summed E-state index contributed by atoms with van der Waals surface area (Å²) in [6.45, 7) is 2.66. The number of amides is 1. The van der Waals surface area contributed by atoms with Gasteiger partial charge in [-0.3, -0.25) is 4.79 Å². The minimum atomic E-state index is -1.19. The largest absolute Gasteiger partial charge is 0.493 e. The molecule has 2 N–H and O–H groups in total. The van der Waals surface area contributed by atoms with Crippen molar-refractivity contribution in [2.24, 2.45) is 0 Å². The van der Waals surface area contributed by atoms with Crippen LogP contribution in [0.1, 0.15) is 39.5 Å². The van der Waals surface area contributed by atoms with E-state index in [2.05, 4.69) is 10.3 Å². The maximum absolute atomic E-state index is 12.4. The smallest absolute Gasteiger partial charge is 0.354 e. The minimum absolute atomic E-state index is 0.0354. The number of aromatic nitrogens is 1. The first kappa shape index (κ1) is 20.2. The molecule has 1 aromatic heterocycles. The number of methoxy groups -OCH3 is 2. The summed E-state index contributed by atoms with van der Waals surface area (Å²) < 4.78 is 15.9. The lowest BCUT2D eigenvalue weighted by molar-refractivity contribution is 0.0690. The maximum atomic E-state index is 12.4. The molecule has 8 nitrogen and oxygen atoms in total. The first-order valence-corrected chi connectivity index (χ1v) is 8.27. The van der Waals surface area contributed by atoms with Gasteiger partial charge < -0.3 is 24.6 Å². The number of nitrogens with one attached hydrogen (secondary N) is 1. The summed E-state index contributed by atoms with van der Waals surface area (Å²) in [7, 11) is 3.13. The van der Waals surface area contributed by atoms with Crippen LogP contribution >= 0.6 is 0 Å². The molecule has 0 saturated carbocycles. The number of aromatic carboxylic acids is 1. The van der Waals surface area contributed by atoms with Crippen LogP contribution in [0.2, 0.25) is 0 Å². The van der Waals surface area contributed by atoms with Gasteiger partial charge in [0.2, 0.25) is 0 Å². The van der Waals surface area contributed by atoms with Crippen molar-refractivity contribution in [2.75, 3.05) is 27.4 Å². The zero-order valence-corrected chi connectivity index (χ0v) is 15.4. The standard InChI is InChI=1S/C19H22N2O6/c1-12(20-18(22)14-5-4-6-15(21-14)19(23)24)13-7-8-16(17(11-13)26-3)27-10-9-25-2/h4-8,11-12H,9-10H2,1-3H3,(H,20,22)(H,23,24). The lowest BCUT2D eigenvalue weighted by Gasteiger charge is -2.17. The fraction of sp³-hybridized carbons (Fsp3) is 0.316. The third kappa shape index (κ3) is 5.42. The molecule has 0 radical (unpaired) electrons. The molecular formula is C19H22N2O6. The number of nitrogens with zero attached hydrogens (tertiary/aromatic N) is 1. The second kappa shape index (κ2) is 9.54. The Balaban J connectivity index is 2.10. The van der Waals surface area contributed by atoms with Crippen LogP contribution in [0.4, 0.5) is 0 Å². The van der Waals surface area contributed by atoms with Crippen LogP contribution in [0.15, 0.2) is 36.4 Å². The van der Waals surface area contributed by atoms with E-state index in [0.717, 1.165) is 5.56 Å². The lowest BCUT2D eigenvalue weighted by atomic mass is 10.1. The monoisotopic (exact) mass is 374 g/mol. The van der Waals surface area contributed by atoms with Gasteiger partial charge in [-0.25, -0.2) is 9.78 Å². The SMILES string of the molecule is COCCOc1ccc(C(C)NC(=O)c2cccc(C(=O)O)n2)cc1OC. The van der Waals surface area contributed by atoms with Gasteiger partial charge in [-0.15, -0.1) is 0 Å². The molecule has 144 valence electrons. The molecule has 0 spiro atoms. The van der Waals surface area contributed by atoms with Crippen LogP contribution in [-0.2, 0) is 4.74 Å². The number of hydrogen-bond acceptors (Lipinski definition) is 6. The lowest BCUT2D eigenvalue weighted by Crippen LogP contribution is -2.27. The highest BCUT2D eigenvalue weighted by Crippen LogP contribution is 2.30. The highest BCUT2D eigenvalue weighted by molar-refractivity contribution is 5.94. The number of carbonyl (C=O) groups is 2. The van der Waals surface area contributed by atoms with Crippen molar-refractivity contribution in [1.29, 1.82) is 0 Å². The Hall–Kier alpha value is -3.13. The first-order chi connectivity index (χ1) is 13.0. The summed E-state index contributed by atoms with van der Waals surface area (Å²) in [5, 5.41) is 11.8. The van der Waals surface area contributed by atoms with E-state index in [1.807, 2.05) is 6.07 Å². The van der Waals surface area contributed by atoms with Crippen molar-refractivity contribution in [1.82, 2.24) is 10.3 Å². The highest BCUT2D eigenvalue weighted by Gasteiger charge is 2.16. The molecule has 1 atom stereocenters. The third-order valence-corrected chi connectivity index (χ3v) is 3.78. The number of carbonyl (C=O) groups excluding carboxylic acids is 1. The molecule has 0 aliphatic heterocycles. The molecule has 0 aliphatic rings. The van der Waals surface area contributed by atoms with Crippen molar-refractivity contribution in [2.45, 2.75) is 13.0 Å². The van der Waals surface area contributed by atoms with E-state index in [4.69, 9.17) is 19.3 Å². The molecule has 27 heavy (non-hydrogen) atoms.